The molecule has 3 amide bonds. The van der Waals surface area contributed by atoms with Gasteiger partial charge in [0.1, 0.15) is 6.04 Å². The summed E-state index contributed by atoms with van der Waals surface area (Å²) in [5.41, 5.74) is 12.2. The number of unbranched alkanes of at least 4 members (excludes halogenated alkanes) is 1. The standard InChI is InChI=1S/C27H33N5O4/c28-15-8-7-13-21(27(36)31-22(14-16-29)25(30)34)18-24(33)23(17-19-9-3-1-4-10-19)32-26(35)20-11-5-2-6-12-20/h1-6,9-12,21-23H,7-8,13-15,17-18,28H2,(H2,30,34)(H,31,36)(H,32,35)/t21-,22+,23+/m1/s1. The lowest BCUT2D eigenvalue weighted by molar-refractivity contribution is -0.132. The Hall–Kier alpha value is -4.03. The van der Waals surface area contributed by atoms with E-state index in [1.165, 1.54) is 0 Å². The van der Waals surface area contributed by atoms with E-state index >= 15 is 0 Å². The van der Waals surface area contributed by atoms with Crippen LogP contribution in [0.15, 0.2) is 60.7 Å². The maximum Gasteiger partial charge on any atom is 0.251 e. The predicted molar refractivity (Wildman–Crippen MR) is 135 cm³/mol. The lowest BCUT2D eigenvalue weighted by Gasteiger charge is -2.23. The number of nitriles is 1. The summed E-state index contributed by atoms with van der Waals surface area (Å²) in [5, 5.41) is 14.2. The van der Waals surface area contributed by atoms with Crippen molar-refractivity contribution in [3.8, 4) is 6.07 Å². The van der Waals surface area contributed by atoms with Gasteiger partial charge in [0.15, 0.2) is 5.78 Å². The average Bonchev–Trinajstić information content (AvgIpc) is 2.88. The molecule has 2 aromatic rings. The molecule has 0 bridgehead atoms. The van der Waals surface area contributed by atoms with Crippen LogP contribution in [0.1, 0.15) is 48.0 Å². The van der Waals surface area contributed by atoms with Crippen molar-refractivity contribution in [3.63, 3.8) is 0 Å². The molecule has 9 heteroatoms. The number of hydrogen-bond donors (Lipinski definition) is 4. The van der Waals surface area contributed by atoms with E-state index in [0.29, 0.717) is 31.4 Å². The summed E-state index contributed by atoms with van der Waals surface area (Å²) < 4.78 is 0. The molecule has 6 N–H and O–H groups in total. The quantitative estimate of drug-likeness (QED) is 0.276. The number of nitrogens with zero attached hydrogens (tertiary/aromatic N) is 1. The van der Waals surface area contributed by atoms with Crippen LogP contribution < -0.4 is 22.1 Å². The molecule has 0 saturated carbocycles. The number of benzene rings is 2. The number of primary amides is 1. The average molecular weight is 492 g/mol. The molecule has 36 heavy (non-hydrogen) atoms. The number of carbonyl (C=O) groups excluding carboxylic acids is 4. The van der Waals surface area contributed by atoms with Crippen LogP contribution in [-0.4, -0.2) is 42.1 Å². The Morgan fingerprint density at radius 3 is 2.11 bits per heavy atom. The van der Waals surface area contributed by atoms with E-state index in [4.69, 9.17) is 16.7 Å². The molecule has 0 aliphatic carbocycles. The number of Topliss-reactive ketones (excluding diaryl/α,β-unsaturated/α-hetero) is 1. The van der Waals surface area contributed by atoms with Gasteiger partial charge in [-0.25, -0.2) is 0 Å². The number of nitrogens with two attached hydrogens (primary N) is 2. The minimum Gasteiger partial charge on any atom is -0.368 e. The van der Waals surface area contributed by atoms with Gasteiger partial charge in [0, 0.05) is 17.9 Å². The third kappa shape index (κ3) is 9.31. The molecule has 0 spiro atoms. The van der Waals surface area contributed by atoms with Crippen LogP contribution in [0.25, 0.3) is 0 Å². The van der Waals surface area contributed by atoms with Crippen molar-refractivity contribution in [2.75, 3.05) is 6.54 Å². The van der Waals surface area contributed by atoms with Crippen molar-refractivity contribution in [1.29, 1.82) is 5.26 Å². The number of nitrogens with one attached hydrogen (secondary N) is 2. The number of rotatable bonds is 15. The maximum absolute atomic E-state index is 13.4. The Bertz CT molecular complexity index is 1050. The van der Waals surface area contributed by atoms with Gasteiger partial charge in [-0.3, -0.25) is 19.2 Å². The van der Waals surface area contributed by atoms with Gasteiger partial charge in [0.2, 0.25) is 11.8 Å². The van der Waals surface area contributed by atoms with E-state index in [2.05, 4.69) is 10.6 Å². The lowest BCUT2D eigenvalue weighted by atomic mass is 9.90. The first kappa shape index (κ1) is 28.2. The zero-order valence-electron chi connectivity index (χ0n) is 20.2. The monoisotopic (exact) mass is 491 g/mol. The zero-order chi connectivity index (χ0) is 26.3. The number of ketones is 1. The van der Waals surface area contributed by atoms with Gasteiger partial charge < -0.3 is 22.1 Å². The Kier molecular flexibility index (Phi) is 11.8. The minimum absolute atomic E-state index is 0.152. The first-order chi connectivity index (χ1) is 17.3. The van der Waals surface area contributed by atoms with Gasteiger partial charge >= 0.3 is 0 Å². The summed E-state index contributed by atoms with van der Waals surface area (Å²) in [6, 6.07) is 17.6. The highest BCUT2D eigenvalue weighted by atomic mass is 16.2. The molecule has 0 aliphatic heterocycles. The molecule has 190 valence electrons. The zero-order valence-corrected chi connectivity index (χ0v) is 20.2. The van der Waals surface area contributed by atoms with E-state index in [1.54, 1.807) is 30.3 Å². The number of carbonyl (C=O) groups is 4. The summed E-state index contributed by atoms with van der Waals surface area (Å²) in [5.74, 6) is -2.83. The molecule has 2 rings (SSSR count). The van der Waals surface area contributed by atoms with Crippen molar-refractivity contribution in [2.24, 2.45) is 17.4 Å². The molecule has 0 saturated heterocycles. The van der Waals surface area contributed by atoms with E-state index in [0.717, 1.165) is 5.56 Å². The third-order valence-electron chi connectivity index (χ3n) is 5.79. The van der Waals surface area contributed by atoms with E-state index in [9.17, 15) is 19.2 Å². The van der Waals surface area contributed by atoms with Gasteiger partial charge in [-0.2, -0.15) is 5.26 Å². The summed E-state index contributed by atoms with van der Waals surface area (Å²) in [6.07, 6.45) is 1.45. The Labute approximate surface area is 211 Å². The second kappa shape index (κ2) is 15.1. The predicted octanol–water partition coefficient (Wildman–Crippen LogP) is 1.62. The van der Waals surface area contributed by atoms with Gasteiger partial charge in [-0.1, -0.05) is 55.0 Å². The van der Waals surface area contributed by atoms with Crippen LogP contribution in [0, 0.1) is 17.2 Å². The molecule has 0 radical (unpaired) electrons. The fourth-order valence-electron chi connectivity index (χ4n) is 3.78. The largest absolute Gasteiger partial charge is 0.368 e. The Morgan fingerprint density at radius 2 is 1.53 bits per heavy atom. The fourth-order valence-corrected chi connectivity index (χ4v) is 3.78. The highest BCUT2D eigenvalue weighted by Crippen LogP contribution is 2.17. The smallest absolute Gasteiger partial charge is 0.251 e. The van der Waals surface area contributed by atoms with Crippen LogP contribution >= 0.6 is 0 Å². The van der Waals surface area contributed by atoms with Crippen molar-refractivity contribution in [1.82, 2.24) is 10.6 Å². The van der Waals surface area contributed by atoms with Crippen molar-refractivity contribution >= 4 is 23.5 Å². The molecule has 0 aromatic heterocycles. The maximum atomic E-state index is 13.4. The van der Waals surface area contributed by atoms with Crippen LogP contribution in [0.2, 0.25) is 0 Å². The summed E-state index contributed by atoms with van der Waals surface area (Å²) in [6.45, 7) is 0.435. The number of hydrogen-bond acceptors (Lipinski definition) is 6. The van der Waals surface area contributed by atoms with Gasteiger partial charge in [0.25, 0.3) is 5.91 Å². The molecule has 0 aliphatic rings. The number of amides is 3. The summed E-state index contributed by atoms with van der Waals surface area (Å²) in [7, 11) is 0. The van der Waals surface area contributed by atoms with E-state index in [1.807, 2.05) is 36.4 Å². The second-order valence-electron chi connectivity index (χ2n) is 8.56. The molecule has 0 fully saturated rings. The van der Waals surface area contributed by atoms with Crippen LogP contribution in [0.3, 0.4) is 0 Å². The minimum atomic E-state index is -1.15. The third-order valence-corrected chi connectivity index (χ3v) is 5.79. The van der Waals surface area contributed by atoms with Crippen LogP contribution in [-0.2, 0) is 20.8 Å². The highest BCUT2D eigenvalue weighted by Gasteiger charge is 2.30. The summed E-state index contributed by atoms with van der Waals surface area (Å²) in [4.78, 5) is 50.9. The molecule has 3 atom stereocenters. The molecule has 2 aromatic carbocycles. The van der Waals surface area contributed by atoms with Crippen molar-refractivity contribution in [2.45, 2.75) is 50.6 Å². The Morgan fingerprint density at radius 1 is 0.889 bits per heavy atom. The first-order valence-corrected chi connectivity index (χ1v) is 11.9. The molecule has 0 unspecified atom stereocenters. The first-order valence-electron chi connectivity index (χ1n) is 11.9. The van der Waals surface area contributed by atoms with Crippen LogP contribution in [0.4, 0.5) is 0 Å². The van der Waals surface area contributed by atoms with Gasteiger partial charge in [-0.05, 0) is 43.5 Å². The molecule has 9 nitrogen and oxygen atoms in total. The fraction of sp³-hybridized carbons (Fsp3) is 0.370. The lowest BCUT2D eigenvalue weighted by Crippen LogP contribution is -2.48. The Balaban J connectivity index is 2.22. The normalized spacial score (nSPS) is 13.0. The van der Waals surface area contributed by atoms with Gasteiger partial charge in [0.05, 0.1) is 18.5 Å². The topological polar surface area (TPSA) is 168 Å². The van der Waals surface area contributed by atoms with Crippen molar-refractivity contribution in [3.05, 3.63) is 71.8 Å². The van der Waals surface area contributed by atoms with E-state index in [-0.39, 0.29) is 25.0 Å². The van der Waals surface area contributed by atoms with E-state index < -0.39 is 35.7 Å². The van der Waals surface area contributed by atoms with Crippen molar-refractivity contribution < 1.29 is 19.2 Å². The second-order valence-corrected chi connectivity index (χ2v) is 8.56. The summed E-state index contributed by atoms with van der Waals surface area (Å²) >= 11 is 0. The molecular formula is C27H33N5O4. The highest BCUT2D eigenvalue weighted by molar-refractivity contribution is 5.99. The molecule has 0 heterocycles. The van der Waals surface area contributed by atoms with Gasteiger partial charge in [-0.15, -0.1) is 0 Å². The van der Waals surface area contributed by atoms with Crippen LogP contribution in [0.5, 0.6) is 0 Å². The molecular weight excluding hydrogens is 458 g/mol. The SMILES string of the molecule is N#CC[C@H](NC(=O)[C@H](CCCCN)CC(=O)[C@H](Cc1ccccc1)NC(=O)c1ccccc1)C(N)=O.